The predicted octanol–water partition coefficient (Wildman–Crippen LogP) is 3.67. The number of aryl methyl sites for hydroxylation is 2. The minimum absolute atomic E-state index is 0.0750. The Morgan fingerprint density at radius 2 is 1.84 bits per heavy atom. The molecule has 1 aliphatic rings. The molecule has 0 unspecified atom stereocenters. The van der Waals surface area contributed by atoms with E-state index < -0.39 is 0 Å². The number of likely N-dealkylation sites (tertiary alicyclic amines) is 1. The summed E-state index contributed by atoms with van der Waals surface area (Å²) in [6.45, 7) is 7.79. The van der Waals surface area contributed by atoms with E-state index in [1.54, 1.807) is 36.9 Å². The summed E-state index contributed by atoms with van der Waals surface area (Å²) in [6.07, 6.45) is 3.95. The zero-order valence-corrected chi connectivity index (χ0v) is 18.5. The van der Waals surface area contributed by atoms with Crippen molar-refractivity contribution in [1.29, 1.82) is 0 Å². The number of rotatable bonds is 9. The van der Waals surface area contributed by atoms with E-state index in [1.165, 1.54) is 31.4 Å². The number of hydrogen-bond acceptors (Lipinski definition) is 4. The minimum Gasteiger partial charge on any atom is -0.466 e. The molecule has 7 heteroatoms. The van der Waals surface area contributed by atoms with Gasteiger partial charge in [0.2, 0.25) is 5.91 Å². The second-order valence-corrected chi connectivity index (χ2v) is 8.18. The van der Waals surface area contributed by atoms with Crippen molar-refractivity contribution in [2.75, 3.05) is 32.7 Å². The van der Waals surface area contributed by atoms with Crippen LogP contribution in [-0.2, 0) is 11.3 Å². The summed E-state index contributed by atoms with van der Waals surface area (Å²) in [5, 5.41) is 2.96. The molecule has 6 nitrogen and oxygen atoms in total. The fourth-order valence-electron chi connectivity index (χ4n) is 3.94. The third-order valence-corrected chi connectivity index (χ3v) is 5.65. The summed E-state index contributed by atoms with van der Waals surface area (Å²) in [5.41, 5.74) is 1.29. The van der Waals surface area contributed by atoms with Gasteiger partial charge in [0.25, 0.3) is 5.91 Å². The number of carbonyl (C=O) groups is 2. The minimum atomic E-state index is -0.323. The van der Waals surface area contributed by atoms with Crippen molar-refractivity contribution in [3.05, 3.63) is 58.8 Å². The highest BCUT2D eigenvalue weighted by atomic mass is 19.1. The molecule has 1 aliphatic heterocycles. The van der Waals surface area contributed by atoms with E-state index in [0.29, 0.717) is 30.2 Å². The van der Waals surface area contributed by atoms with Crippen LogP contribution in [0.4, 0.5) is 4.39 Å². The summed E-state index contributed by atoms with van der Waals surface area (Å²) in [7, 11) is 0. The maximum Gasteiger partial charge on any atom is 0.257 e. The van der Waals surface area contributed by atoms with E-state index in [2.05, 4.69) is 10.2 Å². The van der Waals surface area contributed by atoms with Crippen molar-refractivity contribution < 1.29 is 18.4 Å². The second-order valence-electron chi connectivity index (χ2n) is 8.18. The Balaban J connectivity index is 1.57. The van der Waals surface area contributed by atoms with E-state index in [9.17, 15) is 14.0 Å². The largest absolute Gasteiger partial charge is 0.466 e. The fraction of sp³-hybridized carbons (Fsp3) is 0.500. The Labute approximate surface area is 183 Å². The molecule has 1 aromatic carbocycles. The van der Waals surface area contributed by atoms with Gasteiger partial charge in [-0.2, -0.15) is 0 Å². The Bertz CT molecular complexity index is 873. The normalized spacial score (nSPS) is 14.4. The van der Waals surface area contributed by atoms with Gasteiger partial charge in [-0.05, 0) is 63.5 Å². The van der Waals surface area contributed by atoms with Gasteiger partial charge < -0.3 is 19.5 Å². The molecule has 2 aromatic rings. The van der Waals surface area contributed by atoms with Crippen LogP contribution in [0, 0.1) is 19.7 Å². The van der Waals surface area contributed by atoms with Gasteiger partial charge in [0.1, 0.15) is 17.3 Å². The maximum atomic E-state index is 13.3. The van der Waals surface area contributed by atoms with Gasteiger partial charge in [-0.15, -0.1) is 0 Å². The molecule has 1 saturated heterocycles. The van der Waals surface area contributed by atoms with Crippen LogP contribution in [-0.4, -0.2) is 54.3 Å². The number of nitrogens with one attached hydrogen (secondary N) is 1. The number of benzene rings is 1. The number of halogens is 1. The maximum absolute atomic E-state index is 13.3. The van der Waals surface area contributed by atoms with Crippen LogP contribution in [0.25, 0.3) is 0 Å². The van der Waals surface area contributed by atoms with Crippen LogP contribution < -0.4 is 5.32 Å². The first-order valence-corrected chi connectivity index (χ1v) is 11.0. The Morgan fingerprint density at radius 3 is 2.48 bits per heavy atom. The fourth-order valence-corrected chi connectivity index (χ4v) is 3.94. The highest BCUT2D eigenvalue weighted by Crippen LogP contribution is 2.18. The lowest BCUT2D eigenvalue weighted by molar-refractivity contribution is -0.121. The quantitative estimate of drug-likeness (QED) is 0.661. The number of piperidine rings is 1. The van der Waals surface area contributed by atoms with Gasteiger partial charge in [-0.3, -0.25) is 9.59 Å². The molecular formula is C24H32FN3O3. The van der Waals surface area contributed by atoms with E-state index in [1.807, 2.05) is 0 Å². The van der Waals surface area contributed by atoms with E-state index >= 15 is 0 Å². The lowest BCUT2D eigenvalue weighted by Gasteiger charge is -2.26. The van der Waals surface area contributed by atoms with Crippen molar-refractivity contribution in [3.63, 3.8) is 0 Å². The van der Waals surface area contributed by atoms with E-state index in [4.69, 9.17) is 4.42 Å². The summed E-state index contributed by atoms with van der Waals surface area (Å²) in [5.74, 6) is 0.625. The third kappa shape index (κ3) is 6.92. The Kier molecular flexibility index (Phi) is 8.23. The molecule has 3 rings (SSSR count). The number of furan rings is 1. The van der Waals surface area contributed by atoms with Crippen LogP contribution in [0.15, 0.2) is 34.7 Å². The number of nitrogens with zero attached hydrogens (tertiary/aromatic N) is 2. The molecule has 0 aliphatic carbocycles. The third-order valence-electron chi connectivity index (χ3n) is 5.65. The van der Waals surface area contributed by atoms with Crippen LogP contribution in [0.3, 0.4) is 0 Å². The van der Waals surface area contributed by atoms with Gasteiger partial charge in [0.15, 0.2) is 0 Å². The molecule has 2 heterocycles. The molecule has 168 valence electrons. The van der Waals surface area contributed by atoms with Gasteiger partial charge in [-0.25, -0.2) is 4.39 Å². The highest BCUT2D eigenvalue weighted by molar-refractivity contribution is 5.95. The molecule has 31 heavy (non-hydrogen) atoms. The topological polar surface area (TPSA) is 65.8 Å². The lowest BCUT2D eigenvalue weighted by atomic mass is 10.1. The van der Waals surface area contributed by atoms with Crippen LogP contribution in [0.5, 0.6) is 0 Å². The van der Waals surface area contributed by atoms with Gasteiger partial charge in [0.05, 0.1) is 5.56 Å². The van der Waals surface area contributed by atoms with E-state index in [-0.39, 0.29) is 30.6 Å². The molecular weight excluding hydrogens is 397 g/mol. The lowest BCUT2D eigenvalue weighted by Crippen LogP contribution is -2.39. The van der Waals surface area contributed by atoms with Crippen LogP contribution in [0.2, 0.25) is 0 Å². The number of hydrogen-bond donors (Lipinski definition) is 1. The summed E-state index contributed by atoms with van der Waals surface area (Å²) in [6, 6.07) is 7.77. The molecule has 0 atom stereocenters. The molecule has 1 N–H and O–H groups in total. The highest BCUT2D eigenvalue weighted by Gasteiger charge is 2.21. The average molecular weight is 430 g/mol. The average Bonchev–Trinajstić information content (AvgIpc) is 3.10. The van der Waals surface area contributed by atoms with Crippen molar-refractivity contribution in [1.82, 2.24) is 15.1 Å². The van der Waals surface area contributed by atoms with Crippen molar-refractivity contribution in [3.8, 4) is 0 Å². The number of carbonyl (C=O) groups excluding carboxylic acids is 2. The summed E-state index contributed by atoms with van der Waals surface area (Å²) < 4.78 is 18.8. The van der Waals surface area contributed by atoms with Crippen LogP contribution >= 0.6 is 0 Å². The molecule has 0 saturated carbocycles. The van der Waals surface area contributed by atoms with Crippen molar-refractivity contribution >= 4 is 11.8 Å². The smallest absolute Gasteiger partial charge is 0.257 e. The molecule has 0 radical (unpaired) electrons. The van der Waals surface area contributed by atoms with Gasteiger partial charge >= 0.3 is 0 Å². The zero-order chi connectivity index (χ0) is 22.2. The van der Waals surface area contributed by atoms with Gasteiger partial charge in [0, 0.05) is 32.6 Å². The first-order chi connectivity index (χ1) is 14.9. The predicted molar refractivity (Wildman–Crippen MR) is 117 cm³/mol. The van der Waals surface area contributed by atoms with Crippen molar-refractivity contribution in [2.45, 2.75) is 46.1 Å². The first-order valence-electron chi connectivity index (χ1n) is 11.0. The van der Waals surface area contributed by atoms with Crippen molar-refractivity contribution in [2.24, 2.45) is 0 Å². The first kappa shape index (κ1) is 23.0. The molecule has 2 amide bonds. The van der Waals surface area contributed by atoms with Crippen LogP contribution in [0.1, 0.15) is 53.1 Å². The Hall–Kier alpha value is -2.67. The monoisotopic (exact) mass is 429 g/mol. The van der Waals surface area contributed by atoms with E-state index in [0.717, 1.165) is 25.2 Å². The second kappa shape index (κ2) is 11.1. The molecule has 0 spiro atoms. The Morgan fingerprint density at radius 1 is 1.13 bits per heavy atom. The standard InChI is InChI=1S/C24H32FN3O3/c1-18-16-22(19(2)31-18)24(30)28(17-20-6-8-21(25)9-7-20)14-10-23(29)26-11-15-27-12-4-3-5-13-27/h6-9,16H,3-5,10-15,17H2,1-2H3,(H,26,29). The van der Waals surface area contributed by atoms with Gasteiger partial charge in [-0.1, -0.05) is 18.6 Å². The molecule has 0 bridgehead atoms. The molecule has 1 aromatic heterocycles. The SMILES string of the molecule is Cc1cc(C(=O)N(CCC(=O)NCCN2CCCCC2)Cc2ccc(F)cc2)c(C)o1. The zero-order valence-electron chi connectivity index (χ0n) is 18.5. The molecule has 1 fully saturated rings. The summed E-state index contributed by atoms with van der Waals surface area (Å²) in [4.78, 5) is 29.5. The summed E-state index contributed by atoms with van der Waals surface area (Å²) >= 11 is 0. The number of amides is 2.